The fourth-order valence-electron chi connectivity index (χ4n) is 3.41. The van der Waals surface area contributed by atoms with Crippen LogP contribution in [0.3, 0.4) is 0 Å². The fraction of sp³-hybridized carbons (Fsp3) is 0.882. The minimum atomic E-state index is 0.0755. The van der Waals surface area contributed by atoms with Crippen LogP contribution < -0.4 is 0 Å². The Balaban J connectivity index is 2.20. The maximum absolute atomic E-state index is 5.89. The van der Waals surface area contributed by atoms with E-state index >= 15 is 0 Å². The smallest absolute Gasteiger partial charge is 0.170 e. The molecule has 0 N–H and O–H groups in total. The van der Waals surface area contributed by atoms with Crippen molar-refractivity contribution in [1.29, 1.82) is 0 Å². The number of nitrogens with zero attached hydrogens (tertiary/aromatic N) is 2. The maximum Gasteiger partial charge on any atom is 0.170 e. The molecule has 4 heteroatoms. The minimum Gasteiger partial charge on any atom is -0.478 e. The summed E-state index contributed by atoms with van der Waals surface area (Å²) in [5.41, 5.74) is 0.170. The van der Waals surface area contributed by atoms with Gasteiger partial charge in [-0.3, -0.25) is 9.98 Å². The summed E-state index contributed by atoms with van der Waals surface area (Å²) in [6, 6.07) is 0.347. The Morgan fingerprint density at radius 1 is 0.857 bits per heavy atom. The Bertz CT molecular complexity index is 379. The summed E-state index contributed by atoms with van der Waals surface area (Å²) in [4.78, 5) is 9.14. The van der Waals surface area contributed by atoms with E-state index in [-0.39, 0.29) is 35.1 Å². The molecule has 0 saturated carbocycles. The van der Waals surface area contributed by atoms with E-state index < -0.39 is 0 Å². The first-order valence-electron chi connectivity index (χ1n) is 8.00. The quantitative estimate of drug-likeness (QED) is 0.796. The van der Waals surface area contributed by atoms with E-state index in [2.05, 4.69) is 58.5 Å². The van der Waals surface area contributed by atoms with E-state index in [1.165, 1.54) is 0 Å². The number of hydrogen-bond acceptors (Lipinski definition) is 4. The molecule has 2 aliphatic heterocycles. The van der Waals surface area contributed by atoms with Crippen molar-refractivity contribution in [3.05, 3.63) is 0 Å². The van der Waals surface area contributed by atoms with Crippen molar-refractivity contribution in [2.24, 2.45) is 26.7 Å². The van der Waals surface area contributed by atoms with Crippen molar-refractivity contribution < 1.29 is 9.47 Å². The van der Waals surface area contributed by atoms with Crippen molar-refractivity contribution >= 4 is 12.8 Å². The summed E-state index contributed by atoms with van der Waals surface area (Å²) in [6.07, 6.45) is 4.41. The van der Waals surface area contributed by atoms with Crippen LogP contribution in [-0.4, -0.2) is 37.1 Å². The summed E-state index contributed by atoms with van der Waals surface area (Å²) < 4.78 is 11.8. The maximum atomic E-state index is 5.89. The largest absolute Gasteiger partial charge is 0.478 e. The Morgan fingerprint density at radius 3 is 1.52 bits per heavy atom. The van der Waals surface area contributed by atoms with Crippen LogP contribution in [0.15, 0.2) is 9.98 Å². The molecule has 0 saturated heterocycles. The van der Waals surface area contributed by atoms with Gasteiger partial charge in [0.15, 0.2) is 12.8 Å². The van der Waals surface area contributed by atoms with Gasteiger partial charge in [0, 0.05) is 5.92 Å². The standard InChI is InChI=1S/C17H30N2O2/c1-8-11(12-14(16(2,3)4)18-9-20-12)13-15(17(5,6)7)19-10-21-13/h9-15H,8H2,1-7H3. The molecule has 0 radical (unpaired) electrons. The van der Waals surface area contributed by atoms with E-state index in [1.807, 2.05) is 0 Å². The van der Waals surface area contributed by atoms with Gasteiger partial charge in [0.2, 0.25) is 0 Å². The lowest BCUT2D eigenvalue weighted by atomic mass is 9.73. The highest BCUT2D eigenvalue weighted by molar-refractivity contribution is 5.52. The van der Waals surface area contributed by atoms with Gasteiger partial charge in [0.25, 0.3) is 0 Å². The Kier molecular flexibility index (Phi) is 4.36. The second-order valence-electron chi connectivity index (χ2n) is 8.40. The molecule has 4 unspecified atom stereocenters. The average Bonchev–Trinajstić information content (AvgIpc) is 2.96. The van der Waals surface area contributed by atoms with Crippen molar-refractivity contribution in [2.75, 3.05) is 0 Å². The lowest BCUT2D eigenvalue weighted by Crippen LogP contribution is -2.48. The normalized spacial score (nSPS) is 33.9. The molecular formula is C17H30N2O2. The van der Waals surface area contributed by atoms with Crippen LogP contribution in [0.25, 0.3) is 0 Å². The number of aliphatic imine (C=N–C) groups is 2. The minimum absolute atomic E-state index is 0.0755. The second-order valence-corrected chi connectivity index (χ2v) is 8.40. The molecule has 0 aliphatic carbocycles. The van der Waals surface area contributed by atoms with Gasteiger partial charge in [-0.2, -0.15) is 0 Å². The lowest BCUT2D eigenvalue weighted by Gasteiger charge is -2.39. The van der Waals surface area contributed by atoms with Gasteiger partial charge in [-0.05, 0) is 17.3 Å². The highest BCUT2D eigenvalue weighted by atomic mass is 16.5. The van der Waals surface area contributed by atoms with Crippen LogP contribution in [0.4, 0.5) is 0 Å². The van der Waals surface area contributed by atoms with Gasteiger partial charge < -0.3 is 9.47 Å². The van der Waals surface area contributed by atoms with Gasteiger partial charge in [-0.1, -0.05) is 48.5 Å². The molecule has 21 heavy (non-hydrogen) atoms. The van der Waals surface area contributed by atoms with Gasteiger partial charge in [0.05, 0.1) is 12.1 Å². The van der Waals surface area contributed by atoms with Crippen molar-refractivity contribution in [2.45, 2.75) is 79.2 Å². The van der Waals surface area contributed by atoms with Crippen LogP contribution in [0.1, 0.15) is 54.9 Å². The zero-order valence-electron chi connectivity index (χ0n) is 14.5. The molecule has 0 aromatic rings. The number of ether oxygens (including phenoxy) is 2. The first-order valence-corrected chi connectivity index (χ1v) is 8.00. The molecule has 120 valence electrons. The molecule has 0 amide bonds. The fourth-order valence-corrected chi connectivity index (χ4v) is 3.41. The summed E-state index contributed by atoms with van der Waals surface area (Å²) in [5.74, 6) is 0.295. The Morgan fingerprint density at radius 2 is 1.24 bits per heavy atom. The molecule has 0 aromatic carbocycles. The predicted octanol–water partition coefficient (Wildman–Crippen LogP) is 3.70. The second kappa shape index (κ2) is 5.62. The SMILES string of the molecule is CCC(C1OC=NC1C(C)(C)C)C1OC=NC1C(C)(C)C. The molecule has 4 atom stereocenters. The van der Waals surface area contributed by atoms with E-state index in [0.29, 0.717) is 5.92 Å². The van der Waals surface area contributed by atoms with E-state index in [0.717, 1.165) is 6.42 Å². The van der Waals surface area contributed by atoms with Crippen LogP contribution in [0.5, 0.6) is 0 Å². The van der Waals surface area contributed by atoms with Gasteiger partial charge >= 0.3 is 0 Å². The lowest BCUT2D eigenvalue weighted by molar-refractivity contribution is -0.00228. The van der Waals surface area contributed by atoms with E-state index in [1.54, 1.807) is 12.8 Å². The molecule has 0 fully saturated rings. The van der Waals surface area contributed by atoms with Crippen LogP contribution in [-0.2, 0) is 9.47 Å². The van der Waals surface area contributed by atoms with Crippen LogP contribution in [0.2, 0.25) is 0 Å². The summed E-state index contributed by atoms with van der Waals surface area (Å²) >= 11 is 0. The number of rotatable bonds is 3. The Hall–Kier alpha value is -1.06. The van der Waals surface area contributed by atoms with E-state index in [9.17, 15) is 0 Å². The highest BCUT2D eigenvalue weighted by Crippen LogP contribution is 2.40. The third-order valence-corrected chi connectivity index (χ3v) is 4.59. The summed E-state index contributed by atoms with van der Waals surface area (Å²) in [7, 11) is 0. The Labute approximate surface area is 129 Å². The summed E-state index contributed by atoms with van der Waals surface area (Å²) in [5, 5.41) is 0. The van der Waals surface area contributed by atoms with Gasteiger partial charge in [0.1, 0.15) is 12.2 Å². The topological polar surface area (TPSA) is 43.2 Å². The zero-order chi connectivity index (χ0) is 15.8. The molecule has 2 aliphatic rings. The van der Waals surface area contributed by atoms with Gasteiger partial charge in [-0.15, -0.1) is 0 Å². The van der Waals surface area contributed by atoms with Crippen molar-refractivity contribution in [1.82, 2.24) is 0 Å². The van der Waals surface area contributed by atoms with Crippen molar-refractivity contribution in [3.8, 4) is 0 Å². The molecule has 2 heterocycles. The summed E-state index contributed by atoms with van der Waals surface area (Å²) in [6.45, 7) is 15.5. The van der Waals surface area contributed by atoms with Crippen molar-refractivity contribution in [3.63, 3.8) is 0 Å². The molecule has 0 bridgehead atoms. The predicted molar refractivity (Wildman–Crippen MR) is 87.0 cm³/mol. The first kappa shape index (κ1) is 16.3. The monoisotopic (exact) mass is 294 g/mol. The first-order chi connectivity index (χ1) is 9.66. The van der Waals surface area contributed by atoms with Gasteiger partial charge in [-0.25, -0.2) is 0 Å². The molecule has 2 rings (SSSR count). The third kappa shape index (κ3) is 3.24. The third-order valence-electron chi connectivity index (χ3n) is 4.59. The molecule has 0 aromatic heterocycles. The zero-order valence-corrected chi connectivity index (χ0v) is 14.5. The average molecular weight is 294 g/mol. The molecular weight excluding hydrogens is 264 g/mol. The molecule has 4 nitrogen and oxygen atoms in total. The van der Waals surface area contributed by atoms with E-state index in [4.69, 9.17) is 9.47 Å². The number of hydrogen-bond donors (Lipinski definition) is 0. The van der Waals surface area contributed by atoms with Crippen LogP contribution in [0, 0.1) is 16.7 Å². The highest BCUT2D eigenvalue weighted by Gasteiger charge is 2.48. The molecule has 0 spiro atoms. The van der Waals surface area contributed by atoms with Crippen LogP contribution >= 0.6 is 0 Å².